The first-order chi connectivity index (χ1) is 10.5. The summed E-state index contributed by atoms with van der Waals surface area (Å²) in [6.07, 6.45) is 3.32. The lowest BCUT2D eigenvalue weighted by atomic mass is 10.00. The van der Waals surface area contributed by atoms with E-state index < -0.39 is 17.4 Å². The second kappa shape index (κ2) is 7.08. The van der Waals surface area contributed by atoms with Crippen molar-refractivity contribution in [1.82, 2.24) is 5.32 Å². The number of nitrogens with one attached hydrogen (secondary N) is 1. The lowest BCUT2D eigenvalue weighted by molar-refractivity contribution is -0.148. The highest BCUT2D eigenvalue weighted by Gasteiger charge is 2.35. The van der Waals surface area contributed by atoms with Crippen molar-refractivity contribution in [1.29, 1.82) is 5.26 Å². The minimum Gasteiger partial charge on any atom is -0.455 e. The van der Waals surface area contributed by atoms with E-state index in [0.29, 0.717) is 12.8 Å². The normalized spacial score (nSPS) is 15.8. The molecule has 0 saturated heterocycles. The van der Waals surface area contributed by atoms with E-state index in [9.17, 15) is 14.9 Å². The minimum absolute atomic E-state index is 0.142. The zero-order chi connectivity index (χ0) is 16.0. The first kappa shape index (κ1) is 16.0. The third kappa shape index (κ3) is 4.08. The number of carbonyl (C=O) groups is 2. The van der Waals surface area contributed by atoms with E-state index in [-0.39, 0.29) is 13.0 Å². The Bertz CT molecular complexity index is 598. The largest absolute Gasteiger partial charge is 0.455 e. The highest BCUT2D eigenvalue weighted by molar-refractivity contribution is 5.82. The Balaban J connectivity index is 1.80. The molecule has 5 nitrogen and oxygen atoms in total. The number of esters is 1. The fourth-order valence-corrected chi connectivity index (χ4v) is 2.71. The highest BCUT2D eigenvalue weighted by Crippen LogP contribution is 2.28. The third-order valence-electron chi connectivity index (χ3n) is 4.01. The van der Waals surface area contributed by atoms with E-state index in [1.165, 1.54) is 0 Å². The standard InChI is InChI=1S/C17H20N2O3/c1-13-6-2-3-7-14(13)10-16(21)22-11-15(20)19-17(12-18)8-4-5-9-17/h2-3,6-7H,4-5,8-11H2,1H3,(H,19,20). The summed E-state index contributed by atoms with van der Waals surface area (Å²) in [5.74, 6) is -0.858. The van der Waals surface area contributed by atoms with Gasteiger partial charge in [-0.2, -0.15) is 5.26 Å². The molecular formula is C17H20N2O3. The molecule has 0 heterocycles. The molecule has 0 unspecified atom stereocenters. The Hall–Kier alpha value is -2.35. The monoisotopic (exact) mass is 300 g/mol. The molecule has 1 aromatic carbocycles. The van der Waals surface area contributed by atoms with Gasteiger partial charge in [0, 0.05) is 0 Å². The molecule has 116 valence electrons. The number of aryl methyl sites for hydroxylation is 1. The number of benzene rings is 1. The van der Waals surface area contributed by atoms with Gasteiger partial charge in [0.1, 0.15) is 5.54 Å². The van der Waals surface area contributed by atoms with Gasteiger partial charge in [-0.1, -0.05) is 24.3 Å². The van der Waals surface area contributed by atoms with Crippen LogP contribution in [0.25, 0.3) is 0 Å². The molecule has 1 fully saturated rings. The molecule has 5 heteroatoms. The molecule has 0 aliphatic heterocycles. The Morgan fingerprint density at radius 2 is 2.00 bits per heavy atom. The summed E-state index contributed by atoms with van der Waals surface area (Å²) in [6, 6.07) is 9.72. The molecule has 0 radical (unpaired) electrons. The molecule has 0 aromatic heterocycles. The number of rotatable bonds is 5. The summed E-state index contributed by atoms with van der Waals surface area (Å²) in [5, 5.41) is 11.9. The SMILES string of the molecule is Cc1ccccc1CC(=O)OCC(=O)NC1(C#N)CCCC1. The van der Waals surface area contributed by atoms with Crippen LogP contribution in [0.15, 0.2) is 24.3 Å². The fourth-order valence-electron chi connectivity index (χ4n) is 2.71. The van der Waals surface area contributed by atoms with Crippen LogP contribution in [0.1, 0.15) is 36.8 Å². The zero-order valence-corrected chi connectivity index (χ0v) is 12.7. The van der Waals surface area contributed by atoms with Crippen molar-refractivity contribution >= 4 is 11.9 Å². The number of ether oxygens (including phenoxy) is 1. The van der Waals surface area contributed by atoms with Gasteiger partial charge >= 0.3 is 5.97 Å². The summed E-state index contributed by atoms with van der Waals surface area (Å²) in [7, 11) is 0. The van der Waals surface area contributed by atoms with Crippen LogP contribution >= 0.6 is 0 Å². The average Bonchev–Trinajstić information content (AvgIpc) is 2.97. The molecule has 1 N–H and O–H groups in total. The van der Waals surface area contributed by atoms with Crippen molar-refractivity contribution in [2.45, 2.75) is 44.6 Å². The smallest absolute Gasteiger partial charge is 0.310 e. The Kier molecular flexibility index (Phi) is 5.16. The number of hydrogen-bond donors (Lipinski definition) is 1. The Morgan fingerprint density at radius 1 is 1.32 bits per heavy atom. The zero-order valence-electron chi connectivity index (χ0n) is 12.7. The highest BCUT2D eigenvalue weighted by atomic mass is 16.5. The molecule has 0 bridgehead atoms. The second-order valence-corrected chi connectivity index (χ2v) is 5.71. The maximum atomic E-state index is 11.8. The van der Waals surface area contributed by atoms with Crippen LogP contribution in [0.3, 0.4) is 0 Å². The van der Waals surface area contributed by atoms with Crippen LogP contribution in [0.2, 0.25) is 0 Å². The van der Waals surface area contributed by atoms with Gasteiger partial charge < -0.3 is 10.1 Å². The quantitative estimate of drug-likeness (QED) is 0.844. The van der Waals surface area contributed by atoms with E-state index in [0.717, 1.165) is 24.0 Å². The molecule has 22 heavy (non-hydrogen) atoms. The maximum Gasteiger partial charge on any atom is 0.310 e. The van der Waals surface area contributed by atoms with Crippen molar-refractivity contribution in [3.05, 3.63) is 35.4 Å². The third-order valence-corrected chi connectivity index (χ3v) is 4.01. The number of amides is 1. The minimum atomic E-state index is -0.778. The average molecular weight is 300 g/mol. The van der Waals surface area contributed by atoms with E-state index >= 15 is 0 Å². The lowest BCUT2D eigenvalue weighted by Crippen LogP contribution is -2.46. The van der Waals surface area contributed by atoms with Crippen LogP contribution in [-0.4, -0.2) is 24.0 Å². The first-order valence-electron chi connectivity index (χ1n) is 7.47. The summed E-state index contributed by atoms with van der Waals surface area (Å²) >= 11 is 0. The van der Waals surface area contributed by atoms with Crippen molar-refractivity contribution in [3.63, 3.8) is 0 Å². The van der Waals surface area contributed by atoms with Crippen LogP contribution in [0.4, 0.5) is 0 Å². The summed E-state index contributed by atoms with van der Waals surface area (Å²) in [5.41, 5.74) is 1.12. The van der Waals surface area contributed by atoms with Gasteiger partial charge in [-0.3, -0.25) is 9.59 Å². The topological polar surface area (TPSA) is 79.2 Å². The molecule has 0 atom stereocenters. The predicted molar refractivity (Wildman–Crippen MR) is 80.8 cm³/mol. The fraction of sp³-hybridized carbons (Fsp3) is 0.471. The van der Waals surface area contributed by atoms with Crippen LogP contribution < -0.4 is 5.32 Å². The van der Waals surface area contributed by atoms with Gasteiger partial charge in [-0.15, -0.1) is 0 Å². The molecule has 0 spiro atoms. The molecule has 2 rings (SSSR count). The summed E-state index contributed by atoms with van der Waals surface area (Å²) < 4.78 is 5.00. The van der Waals surface area contributed by atoms with Crippen LogP contribution in [-0.2, 0) is 20.7 Å². The van der Waals surface area contributed by atoms with Gasteiger partial charge in [-0.25, -0.2) is 0 Å². The van der Waals surface area contributed by atoms with Gasteiger partial charge in [0.2, 0.25) is 0 Å². The van der Waals surface area contributed by atoms with E-state index in [2.05, 4.69) is 11.4 Å². The van der Waals surface area contributed by atoms with Crippen molar-refractivity contribution in [3.8, 4) is 6.07 Å². The molecule has 1 amide bonds. The van der Waals surface area contributed by atoms with E-state index in [4.69, 9.17) is 4.74 Å². The number of nitriles is 1. The maximum absolute atomic E-state index is 11.8. The Morgan fingerprint density at radius 3 is 2.64 bits per heavy atom. The van der Waals surface area contributed by atoms with Gasteiger partial charge in [0.25, 0.3) is 5.91 Å². The number of nitrogens with zero attached hydrogens (tertiary/aromatic N) is 1. The van der Waals surface area contributed by atoms with E-state index in [1.54, 1.807) is 0 Å². The molecule has 1 aromatic rings. The van der Waals surface area contributed by atoms with Crippen molar-refractivity contribution < 1.29 is 14.3 Å². The second-order valence-electron chi connectivity index (χ2n) is 5.71. The molecule has 1 aliphatic carbocycles. The number of hydrogen-bond acceptors (Lipinski definition) is 4. The van der Waals surface area contributed by atoms with Crippen LogP contribution in [0, 0.1) is 18.3 Å². The molecular weight excluding hydrogens is 280 g/mol. The number of carbonyl (C=O) groups excluding carboxylic acids is 2. The molecule has 1 aliphatic rings. The van der Waals surface area contributed by atoms with Crippen molar-refractivity contribution in [2.75, 3.05) is 6.61 Å². The van der Waals surface area contributed by atoms with Gasteiger partial charge in [0.15, 0.2) is 6.61 Å². The Labute approximate surface area is 130 Å². The summed E-state index contributed by atoms with van der Waals surface area (Å²) in [4.78, 5) is 23.6. The van der Waals surface area contributed by atoms with Crippen LogP contribution in [0.5, 0.6) is 0 Å². The van der Waals surface area contributed by atoms with Crippen molar-refractivity contribution in [2.24, 2.45) is 0 Å². The predicted octanol–water partition coefficient (Wildman–Crippen LogP) is 2.03. The molecule has 1 saturated carbocycles. The summed E-state index contributed by atoms with van der Waals surface area (Å²) in [6.45, 7) is 1.58. The lowest BCUT2D eigenvalue weighted by Gasteiger charge is -2.21. The van der Waals surface area contributed by atoms with E-state index in [1.807, 2.05) is 31.2 Å². The first-order valence-corrected chi connectivity index (χ1v) is 7.47. The van der Waals surface area contributed by atoms with Gasteiger partial charge in [-0.05, 0) is 43.7 Å². The van der Waals surface area contributed by atoms with Gasteiger partial charge in [0.05, 0.1) is 12.5 Å².